The molecule has 4 aliphatic rings. The number of benzene rings is 1. The molecule has 10 heteroatoms. The number of cyclic esters (lactones) is 1. The van der Waals surface area contributed by atoms with Crippen molar-refractivity contribution in [3.05, 3.63) is 59.8 Å². The van der Waals surface area contributed by atoms with Crippen LogP contribution >= 0.6 is 0 Å². The van der Waals surface area contributed by atoms with E-state index in [-0.39, 0.29) is 29.2 Å². The van der Waals surface area contributed by atoms with E-state index in [9.17, 15) is 4.79 Å². The predicted octanol–water partition coefficient (Wildman–Crippen LogP) is 4.97. The van der Waals surface area contributed by atoms with Crippen molar-refractivity contribution in [3.63, 3.8) is 0 Å². The number of fused-ring (bicyclic) bond motifs is 3. The first kappa shape index (κ1) is 26.2. The van der Waals surface area contributed by atoms with Crippen LogP contribution < -0.4 is 15.1 Å². The third-order valence-electron chi connectivity index (χ3n) is 9.11. The van der Waals surface area contributed by atoms with E-state index < -0.39 is 0 Å². The highest BCUT2D eigenvalue weighted by molar-refractivity contribution is 5.89. The molecule has 1 N–H and O–H groups in total. The second-order valence-electron chi connectivity index (χ2n) is 12.8. The Kier molecular flexibility index (Phi) is 5.99. The van der Waals surface area contributed by atoms with Gasteiger partial charge in [0.1, 0.15) is 24.1 Å². The lowest BCUT2D eigenvalue weighted by Gasteiger charge is -2.46. The zero-order chi connectivity index (χ0) is 28.5. The largest absolute Gasteiger partial charge is 0.447 e. The summed E-state index contributed by atoms with van der Waals surface area (Å²) in [6, 6.07) is 14.3. The quantitative estimate of drug-likeness (QED) is 0.468. The van der Waals surface area contributed by atoms with Crippen LogP contribution in [0, 0.1) is 0 Å². The van der Waals surface area contributed by atoms with Gasteiger partial charge in [-0.1, -0.05) is 25.1 Å². The molecule has 0 saturated carbocycles. The number of pyridine rings is 1. The van der Waals surface area contributed by atoms with E-state index in [0.29, 0.717) is 30.9 Å². The number of carbonyl (C=O) groups is 1. The average molecular weight is 556 g/mol. The summed E-state index contributed by atoms with van der Waals surface area (Å²) in [7, 11) is 2.15. The molecule has 3 saturated heterocycles. The minimum Gasteiger partial charge on any atom is -0.447 e. The normalized spacial score (nSPS) is 27.3. The van der Waals surface area contributed by atoms with Crippen molar-refractivity contribution in [2.45, 2.75) is 63.1 Å². The fourth-order valence-corrected chi connectivity index (χ4v) is 6.65. The number of likely N-dealkylation sites (tertiary alicyclic amines) is 1. The number of anilines is 5. The Hall–Kier alpha value is -3.76. The maximum Gasteiger partial charge on any atom is 0.415 e. The SMILES string of the molecule is C[C@H]1COC(=O)N1c1cccc(N2c3nc(Nc4ccc(C5CN(C)C5)cc4)ncc3[C@]3(C)COC(C)(C)CC23)n1. The highest BCUT2D eigenvalue weighted by atomic mass is 16.6. The molecule has 1 amide bonds. The molecular formula is C31H37N7O3. The summed E-state index contributed by atoms with van der Waals surface area (Å²) in [4.78, 5) is 33.5. The van der Waals surface area contributed by atoms with Crippen LogP contribution in [0.5, 0.6) is 0 Å². The maximum absolute atomic E-state index is 12.5. The van der Waals surface area contributed by atoms with Crippen molar-refractivity contribution in [2.24, 2.45) is 0 Å². The van der Waals surface area contributed by atoms with Crippen molar-refractivity contribution < 1.29 is 14.3 Å². The van der Waals surface area contributed by atoms with Gasteiger partial charge in [-0.05, 0) is 64.1 Å². The molecule has 0 spiro atoms. The van der Waals surface area contributed by atoms with E-state index in [2.05, 4.69) is 67.2 Å². The zero-order valence-corrected chi connectivity index (χ0v) is 24.3. The van der Waals surface area contributed by atoms with E-state index in [1.165, 1.54) is 5.56 Å². The van der Waals surface area contributed by atoms with Gasteiger partial charge in [-0.3, -0.25) is 4.90 Å². The molecule has 0 aliphatic carbocycles. The number of hydrogen-bond donors (Lipinski definition) is 1. The Morgan fingerprint density at radius 2 is 1.73 bits per heavy atom. The van der Waals surface area contributed by atoms with Gasteiger partial charge in [-0.25, -0.2) is 14.8 Å². The minimum atomic E-state index is -0.370. The van der Waals surface area contributed by atoms with Gasteiger partial charge in [-0.2, -0.15) is 4.98 Å². The zero-order valence-electron chi connectivity index (χ0n) is 24.3. The van der Waals surface area contributed by atoms with Gasteiger partial charge in [0.2, 0.25) is 5.95 Å². The van der Waals surface area contributed by atoms with Crippen LogP contribution in [0.15, 0.2) is 48.7 Å². The number of nitrogens with one attached hydrogen (secondary N) is 1. The molecule has 3 atom stereocenters. The molecular weight excluding hydrogens is 518 g/mol. The number of nitrogens with zero attached hydrogens (tertiary/aromatic N) is 6. The average Bonchev–Trinajstić information content (AvgIpc) is 3.39. The molecule has 3 aromatic rings. The van der Waals surface area contributed by atoms with Crippen LogP contribution in [0.4, 0.5) is 33.9 Å². The lowest BCUT2D eigenvalue weighted by atomic mass is 9.73. The van der Waals surface area contributed by atoms with Crippen LogP contribution in [-0.4, -0.2) is 77.0 Å². The van der Waals surface area contributed by atoms with Crippen molar-refractivity contribution >= 4 is 35.2 Å². The monoisotopic (exact) mass is 555 g/mol. The summed E-state index contributed by atoms with van der Waals surface area (Å²) in [5.41, 5.74) is 2.71. The van der Waals surface area contributed by atoms with E-state index in [4.69, 9.17) is 24.4 Å². The summed E-state index contributed by atoms with van der Waals surface area (Å²) < 4.78 is 11.6. The van der Waals surface area contributed by atoms with E-state index in [1.807, 2.05) is 31.3 Å². The number of rotatable bonds is 5. The smallest absolute Gasteiger partial charge is 0.415 e. The van der Waals surface area contributed by atoms with Crippen molar-refractivity contribution in [1.82, 2.24) is 19.9 Å². The first-order valence-electron chi connectivity index (χ1n) is 14.4. The lowest BCUT2D eigenvalue weighted by Crippen LogP contribution is -2.54. The van der Waals surface area contributed by atoms with Crippen molar-refractivity contribution in [2.75, 3.05) is 48.5 Å². The summed E-state index contributed by atoms with van der Waals surface area (Å²) in [5.74, 6) is 3.25. The molecule has 0 radical (unpaired) electrons. The molecule has 41 heavy (non-hydrogen) atoms. The molecule has 2 aromatic heterocycles. The van der Waals surface area contributed by atoms with Crippen LogP contribution in [0.25, 0.3) is 0 Å². The van der Waals surface area contributed by atoms with Gasteiger partial charge < -0.3 is 24.6 Å². The molecule has 214 valence electrons. The first-order valence-corrected chi connectivity index (χ1v) is 14.4. The topological polar surface area (TPSA) is 96.0 Å². The van der Waals surface area contributed by atoms with Gasteiger partial charge >= 0.3 is 6.09 Å². The molecule has 1 unspecified atom stereocenters. The van der Waals surface area contributed by atoms with Gasteiger partial charge in [0.15, 0.2) is 0 Å². The Labute approximate surface area is 240 Å². The summed E-state index contributed by atoms with van der Waals surface area (Å²) in [6.45, 7) is 11.6. The van der Waals surface area contributed by atoms with E-state index in [1.54, 1.807) is 4.90 Å². The Balaban J connectivity index is 1.25. The standard InChI is InChI=1S/C31H37N7O3/c1-19-17-40-29(39)37(19)25-7-6-8-26(34-25)38-24-13-30(2,3)41-18-31(24,4)23-14-32-28(35-27(23)38)33-22-11-9-20(10-12-22)21-15-36(5)16-21/h6-12,14,19,21,24H,13,15-18H2,1-5H3,(H,32,33,35)/t19-,24?,31-/m0/s1. The highest BCUT2D eigenvalue weighted by Crippen LogP contribution is 2.53. The van der Waals surface area contributed by atoms with Gasteiger partial charge in [0, 0.05) is 41.9 Å². The molecule has 7 rings (SSSR count). The molecule has 6 heterocycles. The number of ether oxygens (including phenoxy) is 2. The van der Waals surface area contributed by atoms with Gasteiger partial charge in [0.05, 0.1) is 24.3 Å². The Morgan fingerprint density at radius 1 is 1.00 bits per heavy atom. The lowest BCUT2D eigenvalue weighted by molar-refractivity contribution is -0.0893. The molecule has 10 nitrogen and oxygen atoms in total. The number of hydrogen-bond acceptors (Lipinski definition) is 9. The molecule has 0 bridgehead atoms. The minimum absolute atomic E-state index is 0.0522. The number of likely N-dealkylation sites (N-methyl/N-ethyl adjacent to an activating group) is 1. The second kappa shape index (κ2) is 9.39. The Bertz CT molecular complexity index is 1490. The van der Waals surface area contributed by atoms with Gasteiger partial charge in [-0.15, -0.1) is 0 Å². The van der Waals surface area contributed by atoms with E-state index >= 15 is 0 Å². The summed E-state index contributed by atoms with van der Waals surface area (Å²) in [5, 5.41) is 3.41. The maximum atomic E-state index is 12.5. The first-order chi connectivity index (χ1) is 19.6. The fraction of sp³-hybridized carbons (Fsp3) is 0.484. The van der Waals surface area contributed by atoms with Crippen LogP contribution in [0.1, 0.15) is 51.2 Å². The van der Waals surface area contributed by atoms with Crippen molar-refractivity contribution in [3.8, 4) is 0 Å². The molecule has 4 aliphatic heterocycles. The van der Waals surface area contributed by atoms with Gasteiger partial charge in [0.25, 0.3) is 0 Å². The third kappa shape index (κ3) is 4.40. The van der Waals surface area contributed by atoms with Crippen molar-refractivity contribution in [1.29, 1.82) is 0 Å². The molecule has 3 fully saturated rings. The number of carbonyl (C=O) groups excluding carboxylic acids is 1. The third-order valence-corrected chi connectivity index (χ3v) is 9.11. The number of aromatic nitrogens is 3. The second-order valence-corrected chi connectivity index (χ2v) is 12.8. The predicted molar refractivity (Wildman–Crippen MR) is 157 cm³/mol. The van der Waals surface area contributed by atoms with E-state index in [0.717, 1.165) is 42.4 Å². The van der Waals surface area contributed by atoms with Crippen LogP contribution in [0.2, 0.25) is 0 Å². The summed E-state index contributed by atoms with van der Waals surface area (Å²) >= 11 is 0. The number of amides is 1. The van der Waals surface area contributed by atoms with Crippen LogP contribution in [-0.2, 0) is 14.9 Å². The van der Waals surface area contributed by atoms with Crippen LogP contribution in [0.3, 0.4) is 0 Å². The fourth-order valence-electron chi connectivity index (χ4n) is 6.65. The Morgan fingerprint density at radius 3 is 2.41 bits per heavy atom. The summed E-state index contributed by atoms with van der Waals surface area (Å²) in [6.07, 6.45) is 2.35. The molecule has 1 aromatic carbocycles. The highest BCUT2D eigenvalue weighted by Gasteiger charge is 2.55.